The van der Waals surface area contributed by atoms with Crippen LogP contribution in [0.15, 0.2) is 11.1 Å². The van der Waals surface area contributed by atoms with Gasteiger partial charge in [-0.25, -0.2) is 4.79 Å². The third kappa shape index (κ3) is 19.2. The van der Waals surface area contributed by atoms with E-state index in [9.17, 15) is 9.90 Å². The van der Waals surface area contributed by atoms with Crippen LogP contribution in [0.25, 0.3) is 0 Å². The van der Waals surface area contributed by atoms with Crippen molar-refractivity contribution in [3.05, 3.63) is 11.1 Å². The summed E-state index contributed by atoms with van der Waals surface area (Å²) in [7, 11) is 0. The van der Waals surface area contributed by atoms with Crippen LogP contribution < -0.4 is 0 Å². The highest BCUT2D eigenvalue weighted by Gasteiger charge is 2.22. The number of hydrogen-bond donors (Lipinski definition) is 1. The van der Waals surface area contributed by atoms with Crippen molar-refractivity contribution in [1.29, 1.82) is 0 Å². The minimum Gasteiger partial charge on any atom is -0.478 e. The van der Waals surface area contributed by atoms with E-state index in [0.717, 1.165) is 30.4 Å². The van der Waals surface area contributed by atoms with E-state index in [1.165, 1.54) is 128 Å². The predicted molar refractivity (Wildman–Crippen MR) is 147 cm³/mol. The lowest BCUT2D eigenvalue weighted by molar-refractivity contribution is -0.133. The average Bonchev–Trinajstić information content (AvgIpc) is 2.80. The first-order chi connectivity index (χ1) is 16.1. The lowest BCUT2D eigenvalue weighted by atomic mass is 9.85. The smallest absolute Gasteiger partial charge is 0.331 e. The summed E-state index contributed by atoms with van der Waals surface area (Å²) in [6.45, 7) is 8.68. The van der Waals surface area contributed by atoms with Crippen LogP contribution in [-0.2, 0) is 4.79 Å². The molecular weight excluding hydrogens is 404 g/mol. The minimum absolute atomic E-state index is 0.255. The molecule has 1 N–H and O–H groups in total. The normalized spacial score (nSPS) is 12.4. The molecule has 2 heteroatoms. The molecule has 0 aromatic rings. The highest BCUT2D eigenvalue weighted by Crippen LogP contribution is 2.29. The Bertz CT molecular complexity index is 442. The van der Waals surface area contributed by atoms with Crippen LogP contribution in [0.5, 0.6) is 0 Å². The SMILES string of the molecule is CCCCCCCCCCCCC(CCCCCCCCCCCC)C(C(=O)O)=C(C)CC. The van der Waals surface area contributed by atoms with Crippen molar-refractivity contribution in [2.24, 2.45) is 5.92 Å². The van der Waals surface area contributed by atoms with E-state index < -0.39 is 5.97 Å². The van der Waals surface area contributed by atoms with Crippen molar-refractivity contribution in [3.8, 4) is 0 Å². The van der Waals surface area contributed by atoms with E-state index in [1.807, 2.05) is 6.92 Å². The highest BCUT2D eigenvalue weighted by molar-refractivity contribution is 5.88. The van der Waals surface area contributed by atoms with E-state index in [-0.39, 0.29) is 5.92 Å². The molecule has 2 nitrogen and oxygen atoms in total. The van der Waals surface area contributed by atoms with Crippen molar-refractivity contribution in [1.82, 2.24) is 0 Å². The molecule has 0 fully saturated rings. The Balaban J connectivity index is 4.22. The second-order valence-electron chi connectivity index (χ2n) is 10.5. The van der Waals surface area contributed by atoms with Gasteiger partial charge >= 0.3 is 5.97 Å². The molecule has 0 spiro atoms. The maximum Gasteiger partial charge on any atom is 0.331 e. The molecule has 0 bridgehead atoms. The molecule has 33 heavy (non-hydrogen) atoms. The van der Waals surface area contributed by atoms with Gasteiger partial charge in [-0.05, 0) is 32.1 Å². The standard InChI is InChI=1S/C31H60O2/c1-5-8-10-12-14-16-18-20-22-24-26-29(30(31(32)33)28(4)7-3)27-25-23-21-19-17-15-13-11-9-6-2/h29H,5-27H2,1-4H3,(H,32,33). The zero-order valence-corrected chi connectivity index (χ0v) is 23.2. The van der Waals surface area contributed by atoms with Gasteiger partial charge in [-0.2, -0.15) is 0 Å². The zero-order chi connectivity index (χ0) is 24.6. The fraction of sp³-hybridized carbons (Fsp3) is 0.903. The Hall–Kier alpha value is -0.790. The molecule has 0 aliphatic rings. The van der Waals surface area contributed by atoms with Crippen molar-refractivity contribution in [2.75, 3.05) is 0 Å². The maximum atomic E-state index is 12.0. The number of aliphatic carboxylic acids is 1. The summed E-state index contributed by atoms with van der Waals surface area (Å²) in [5, 5.41) is 9.91. The second-order valence-corrected chi connectivity index (χ2v) is 10.5. The number of rotatable bonds is 25. The van der Waals surface area contributed by atoms with Gasteiger partial charge in [0.25, 0.3) is 0 Å². The lowest BCUT2D eigenvalue weighted by Crippen LogP contribution is -2.15. The molecule has 0 unspecified atom stereocenters. The predicted octanol–water partition coefficient (Wildman–Crippen LogP) is 11.0. The molecular formula is C31H60O2. The van der Waals surface area contributed by atoms with Crippen molar-refractivity contribution >= 4 is 5.97 Å². The number of carboxylic acid groups (broad SMARTS) is 1. The van der Waals surface area contributed by atoms with Crippen LogP contribution in [0, 0.1) is 5.92 Å². The first-order valence-electron chi connectivity index (χ1n) is 15.0. The van der Waals surface area contributed by atoms with Crippen LogP contribution >= 0.6 is 0 Å². The summed E-state index contributed by atoms with van der Waals surface area (Å²) in [5.74, 6) is -0.413. The van der Waals surface area contributed by atoms with Gasteiger partial charge in [0.2, 0.25) is 0 Å². The van der Waals surface area contributed by atoms with E-state index in [4.69, 9.17) is 0 Å². The molecule has 0 saturated heterocycles. The van der Waals surface area contributed by atoms with Gasteiger partial charge in [0, 0.05) is 5.57 Å². The third-order valence-electron chi connectivity index (χ3n) is 7.44. The zero-order valence-electron chi connectivity index (χ0n) is 23.2. The van der Waals surface area contributed by atoms with Gasteiger partial charge in [-0.15, -0.1) is 0 Å². The van der Waals surface area contributed by atoms with Gasteiger partial charge in [0.05, 0.1) is 0 Å². The fourth-order valence-electron chi connectivity index (χ4n) is 5.09. The van der Waals surface area contributed by atoms with E-state index in [0.29, 0.717) is 0 Å². The Kier molecular flexibility index (Phi) is 23.8. The quantitative estimate of drug-likeness (QED) is 0.108. The average molecular weight is 465 g/mol. The molecule has 196 valence electrons. The topological polar surface area (TPSA) is 37.3 Å². The number of unbranched alkanes of at least 4 members (excludes halogenated alkanes) is 18. The lowest BCUT2D eigenvalue weighted by Gasteiger charge is -2.20. The fourth-order valence-corrected chi connectivity index (χ4v) is 5.09. The van der Waals surface area contributed by atoms with Gasteiger partial charge in [0.1, 0.15) is 0 Å². The Morgan fingerprint density at radius 2 is 0.848 bits per heavy atom. The van der Waals surface area contributed by atoms with Gasteiger partial charge in [-0.3, -0.25) is 0 Å². The van der Waals surface area contributed by atoms with Crippen molar-refractivity contribution in [3.63, 3.8) is 0 Å². The number of carbonyl (C=O) groups is 1. The molecule has 0 aliphatic carbocycles. The summed E-state index contributed by atoms with van der Waals surface area (Å²) < 4.78 is 0. The Morgan fingerprint density at radius 1 is 0.545 bits per heavy atom. The first kappa shape index (κ1) is 32.2. The Morgan fingerprint density at radius 3 is 1.12 bits per heavy atom. The van der Waals surface area contributed by atoms with Crippen LogP contribution in [0.4, 0.5) is 0 Å². The summed E-state index contributed by atoms with van der Waals surface area (Å²) in [5.41, 5.74) is 1.83. The molecule has 0 aromatic carbocycles. The van der Waals surface area contributed by atoms with Gasteiger partial charge in [0.15, 0.2) is 0 Å². The first-order valence-corrected chi connectivity index (χ1v) is 15.0. The summed E-state index contributed by atoms with van der Waals surface area (Å²) in [6, 6.07) is 0. The largest absolute Gasteiger partial charge is 0.478 e. The number of hydrogen-bond acceptors (Lipinski definition) is 1. The van der Waals surface area contributed by atoms with E-state index in [1.54, 1.807) is 0 Å². The molecule has 0 heterocycles. The molecule has 0 aromatic heterocycles. The molecule has 0 radical (unpaired) electrons. The second kappa shape index (κ2) is 24.3. The van der Waals surface area contributed by atoms with Crippen LogP contribution in [0.1, 0.15) is 175 Å². The van der Waals surface area contributed by atoms with E-state index >= 15 is 0 Å². The summed E-state index contributed by atoms with van der Waals surface area (Å²) in [6.07, 6.45) is 29.8. The maximum absolute atomic E-state index is 12.0. The van der Waals surface area contributed by atoms with Crippen LogP contribution in [-0.4, -0.2) is 11.1 Å². The molecule has 0 atom stereocenters. The van der Waals surface area contributed by atoms with Crippen molar-refractivity contribution in [2.45, 2.75) is 175 Å². The summed E-state index contributed by atoms with van der Waals surface area (Å²) in [4.78, 5) is 12.0. The van der Waals surface area contributed by atoms with Crippen LogP contribution in [0.3, 0.4) is 0 Å². The van der Waals surface area contributed by atoms with Gasteiger partial charge < -0.3 is 5.11 Å². The number of allylic oxidation sites excluding steroid dienone is 1. The van der Waals surface area contributed by atoms with E-state index in [2.05, 4.69) is 20.8 Å². The van der Waals surface area contributed by atoms with Gasteiger partial charge in [-0.1, -0.05) is 155 Å². The third-order valence-corrected chi connectivity index (χ3v) is 7.44. The van der Waals surface area contributed by atoms with Crippen LogP contribution in [0.2, 0.25) is 0 Å². The Labute approximate surface area is 208 Å². The number of carboxylic acids is 1. The molecule has 0 saturated carbocycles. The minimum atomic E-state index is -0.668. The molecule has 0 amide bonds. The monoisotopic (exact) mass is 464 g/mol. The highest BCUT2D eigenvalue weighted by atomic mass is 16.4. The van der Waals surface area contributed by atoms with Crippen molar-refractivity contribution < 1.29 is 9.90 Å². The molecule has 0 aliphatic heterocycles. The molecule has 0 rings (SSSR count). The summed E-state index contributed by atoms with van der Waals surface area (Å²) >= 11 is 0.